The summed E-state index contributed by atoms with van der Waals surface area (Å²) in [5.74, 6) is -0.647. The minimum absolute atomic E-state index is 0.604. The highest BCUT2D eigenvalue weighted by Gasteiger charge is 2.44. The number of rotatable bonds is 2. The van der Waals surface area contributed by atoms with E-state index >= 15 is 0 Å². The largest absolute Gasteiger partial charge is 0.480 e. The fourth-order valence-corrected chi connectivity index (χ4v) is 2.60. The predicted octanol–water partition coefficient (Wildman–Crippen LogP) is -0.902. The van der Waals surface area contributed by atoms with Crippen LogP contribution in [0.1, 0.15) is 12.8 Å². The van der Waals surface area contributed by atoms with Crippen molar-refractivity contribution in [2.45, 2.75) is 18.4 Å². The molecule has 0 saturated carbocycles. The van der Waals surface area contributed by atoms with Crippen LogP contribution < -0.4 is 10.6 Å². The van der Waals surface area contributed by atoms with Gasteiger partial charge in [-0.15, -0.1) is 0 Å². The van der Waals surface area contributed by atoms with Crippen LogP contribution in [0, 0.1) is 0 Å². The van der Waals surface area contributed by atoms with Gasteiger partial charge in [-0.3, -0.25) is 9.69 Å². The lowest BCUT2D eigenvalue weighted by Crippen LogP contribution is -2.63. The first-order valence-electron chi connectivity index (χ1n) is 5.66. The fourth-order valence-electron chi connectivity index (χ4n) is 2.60. The molecule has 0 bridgehead atoms. The molecule has 0 atom stereocenters. The van der Waals surface area contributed by atoms with Crippen LogP contribution in [0.4, 0.5) is 0 Å². The number of nitrogens with one attached hydrogen (secondary N) is 2. The van der Waals surface area contributed by atoms with Crippen LogP contribution in [0.15, 0.2) is 0 Å². The quantitative estimate of drug-likeness (QED) is 0.555. The van der Waals surface area contributed by atoms with E-state index in [-0.39, 0.29) is 0 Å². The monoisotopic (exact) mass is 213 g/mol. The number of aliphatic carboxylic acids is 1. The number of carboxylic acid groups (broad SMARTS) is 1. The molecule has 0 aliphatic carbocycles. The van der Waals surface area contributed by atoms with Crippen LogP contribution in [0.25, 0.3) is 0 Å². The average molecular weight is 213 g/mol. The molecule has 0 aromatic heterocycles. The van der Waals surface area contributed by atoms with Crippen molar-refractivity contribution in [3.8, 4) is 0 Å². The molecule has 5 nitrogen and oxygen atoms in total. The van der Waals surface area contributed by atoms with E-state index in [2.05, 4.69) is 15.5 Å². The van der Waals surface area contributed by atoms with Crippen molar-refractivity contribution in [3.05, 3.63) is 0 Å². The van der Waals surface area contributed by atoms with Crippen molar-refractivity contribution in [2.24, 2.45) is 0 Å². The molecule has 15 heavy (non-hydrogen) atoms. The van der Waals surface area contributed by atoms with Crippen molar-refractivity contribution in [3.63, 3.8) is 0 Å². The molecule has 86 valence electrons. The zero-order chi connectivity index (χ0) is 10.7. The summed E-state index contributed by atoms with van der Waals surface area (Å²) in [5, 5.41) is 15.9. The summed E-state index contributed by atoms with van der Waals surface area (Å²) in [5.41, 5.74) is -0.604. The molecular weight excluding hydrogens is 194 g/mol. The maximum absolute atomic E-state index is 11.5. The van der Waals surface area contributed by atoms with E-state index in [1.165, 1.54) is 0 Å². The summed E-state index contributed by atoms with van der Waals surface area (Å²) in [6.07, 6.45) is 1.45. The van der Waals surface area contributed by atoms with Gasteiger partial charge in [0, 0.05) is 26.2 Å². The topological polar surface area (TPSA) is 64.6 Å². The van der Waals surface area contributed by atoms with Gasteiger partial charge in [0.25, 0.3) is 0 Å². The molecule has 2 aliphatic rings. The fraction of sp³-hybridized carbons (Fsp3) is 0.900. The van der Waals surface area contributed by atoms with Crippen LogP contribution >= 0.6 is 0 Å². The first-order valence-corrected chi connectivity index (χ1v) is 5.66. The highest BCUT2D eigenvalue weighted by Crippen LogP contribution is 2.26. The number of carbonyl (C=O) groups is 1. The maximum Gasteiger partial charge on any atom is 0.324 e. The third-order valence-corrected chi connectivity index (χ3v) is 3.55. The summed E-state index contributed by atoms with van der Waals surface area (Å²) in [7, 11) is 0. The molecule has 0 radical (unpaired) electrons. The van der Waals surface area contributed by atoms with Crippen molar-refractivity contribution in [1.29, 1.82) is 0 Å². The number of nitrogens with zero attached hydrogens (tertiary/aromatic N) is 1. The second-order valence-corrected chi connectivity index (χ2v) is 4.32. The van der Waals surface area contributed by atoms with Gasteiger partial charge in [-0.2, -0.15) is 0 Å². The zero-order valence-electron chi connectivity index (χ0n) is 8.96. The van der Waals surface area contributed by atoms with Crippen molar-refractivity contribution in [1.82, 2.24) is 15.5 Å². The molecule has 2 heterocycles. The number of piperazine rings is 1. The number of carboxylic acids is 1. The molecular formula is C10H19N3O2. The normalized spacial score (nSPS) is 27.5. The summed E-state index contributed by atoms with van der Waals surface area (Å²) in [6.45, 7) is 5.15. The third kappa shape index (κ3) is 2.00. The molecule has 0 aromatic rings. The Morgan fingerprint density at radius 3 is 2.13 bits per heavy atom. The van der Waals surface area contributed by atoms with E-state index in [1.54, 1.807) is 0 Å². The van der Waals surface area contributed by atoms with Crippen LogP contribution in [0.2, 0.25) is 0 Å². The number of hydrogen-bond acceptors (Lipinski definition) is 4. The van der Waals surface area contributed by atoms with Crippen LogP contribution in [-0.2, 0) is 4.79 Å². The van der Waals surface area contributed by atoms with Gasteiger partial charge >= 0.3 is 5.97 Å². The van der Waals surface area contributed by atoms with Crippen LogP contribution in [0.5, 0.6) is 0 Å². The number of piperidine rings is 1. The Labute approximate surface area is 89.8 Å². The van der Waals surface area contributed by atoms with E-state index in [4.69, 9.17) is 0 Å². The Balaban J connectivity index is 2.12. The molecule has 3 N–H and O–H groups in total. The minimum Gasteiger partial charge on any atom is -0.480 e. The van der Waals surface area contributed by atoms with E-state index < -0.39 is 11.5 Å². The Morgan fingerprint density at radius 2 is 1.60 bits per heavy atom. The third-order valence-electron chi connectivity index (χ3n) is 3.55. The minimum atomic E-state index is -0.647. The summed E-state index contributed by atoms with van der Waals surface area (Å²) >= 11 is 0. The summed E-state index contributed by atoms with van der Waals surface area (Å²) in [4.78, 5) is 13.6. The van der Waals surface area contributed by atoms with Crippen molar-refractivity contribution < 1.29 is 9.90 Å². The lowest BCUT2D eigenvalue weighted by Gasteiger charge is -2.45. The summed E-state index contributed by atoms with van der Waals surface area (Å²) in [6, 6.07) is 0. The standard InChI is InChI=1S/C10H19N3O2/c14-9(15)10(1-3-11-4-2-10)13-7-5-12-6-8-13/h11-12H,1-8H2,(H,14,15). The SMILES string of the molecule is O=C(O)C1(N2CCNCC2)CCNCC1. The molecule has 2 fully saturated rings. The first-order chi connectivity index (χ1) is 7.26. The molecule has 5 heteroatoms. The molecule has 0 spiro atoms. The van der Waals surface area contributed by atoms with Crippen molar-refractivity contribution >= 4 is 5.97 Å². The van der Waals surface area contributed by atoms with Gasteiger partial charge in [-0.1, -0.05) is 0 Å². The first kappa shape index (κ1) is 10.9. The van der Waals surface area contributed by atoms with Gasteiger partial charge in [-0.25, -0.2) is 0 Å². The molecule has 2 rings (SSSR count). The molecule has 2 saturated heterocycles. The summed E-state index contributed by atoms with van der Waals surface area (Å²) < 4.78 is 0. The molecule has 2 aliphatic heterocycles. The van der Waals surface area contributed by atoms with Gasteiger partial charge in [0.1, 0.15) is 5.54 Å². The highest BCUT2D eigenvalue weighted by atomic mass is 16.4. The van der Waals surface area contributed by atoms with Crippen molar-refractivity contribution in [2.75, 3.05) is 39.3 Å². The smallest absolute Gasteiger partial charge is 0.324 e. The van der Waals surface area contributed by atoms with Crippen LogP contribution in [0.3, 0.4) is 0 Å². The van der Waals surface area contributed by atoms with Gasteiger partial charge in [-0.05, 0) is 25.9 Å². The lowest BCUT2D eigenvalue weighted by molar-refractivity contribution is -0.154. The average Bonchev–Trinajstić information content (AvgIpc) is 2.31. The molecule has 0 amide bonds. The van der Waals surface area contributed by atoms with E-state index in [0.29, 0.717) is 0 Å². The van der Waals surface area contributed by atoms with E-state index in [0.717, 1.165) is 52.1 Å². The Kier molecular flexibility index (Phi) is 3.23. The second kappa shape index (κ2) is 4.47. The molecule has 0 unspecified atom stereocenters. The highest BCUT2D eigenvalue weighted by molar-refractivity contribution is 5.79. The van der Waals surface area contributed by atoms with Gasteiger partial charge in [0.15, 0.2) is 0 Å². The van der Waals surface area contributed by atoms with E-state index in [1.807, 2.05) is 0 Å². The Hall–Kier alpha value is -0.650. The Morgan fingerprint density at radius 1 is 1.07 bits per heavy atom. The van der Waals surface area contributed by atoms with E-state index in [9.17, 15) is 9.90 Å². The second-order valence-electron chi connectivity index (χ2n) is 4.32. The van der Waals surface area contributed by atoms with Gasteiger partial charge in [0.05, 0.1) is 0 Å². The van der Waals surface area contributed by atoms with Gasteiger partial charge in [0.2, 0.25) is 0 Å². The lowest BCUT2D eigenvalue weighted by atomic mass is 9.86. The number of hydrogen-bond donors (Lipinski definition) is 3. The maximum atomic E-state index is 11.5. The van der Waals surface area contributed by atoms with Gasteiger partial charge < -0.3 is 15.7 Å². The predicted molar refractivity (Wildman–Crippen MR) is 56.9 cm³/mol. The Bertz CT molecular complexity index is 233. The molecule has 0 aromatic carbocycles. The van der Waals surface area contributed by atoms with Crippen LogP contribution in [-0.4, -0.2) is 60.8 Å². The zero-order valence-corrected chi connectivity index (χ0v) is 8.96.